The zero-order valence-corrected chi connectivity index (χ0v) is 12.1. The molecular weight excluding hydrogens is 228 g/mol. The van der Waals surface area contributed by atoms with Crippen molar-refractivity contribution in [2.24, 2.45) is 0 Å². The Morgan fingerprint density at radius 1 is 1.22 bits per heavy atom. The van der Waals surface area contributed by atoms with Crippen molar-refractivity contribution in [1.29, 1.82) is 0 Å². The molecule has 5 nitrogen and oxygen atoms in total. The van der Waals surface area contributed by atoms with Gasteiger partial charge in [-0.3, -0.25) is 0 Å². The zero-order valence-electron chi connectivity index (χ0n) is 12.1. The molecule has 0 saturated heterocycles. The first-order valence-electron chi connectivity index (χ1n) is 6.96. The standard InChI is InChI=1S/C13H26N4O/c1-5-7-8-10-17(4)13-16-15-12(18-13)11(3)14-9-6-2/h11,14H,5-10H2,1-4H3. The van der Waals surface area contributed by atoms with Gasteiger partial charge in [0.15, 0.2) is 0 Å². The van der Waals surface area contributed by atoms with Gasteiger partial charge in [-0.05, 0) is 26.3 Å². The second-order valence-corrected chi connectivity index (χ2v) is 4.73. The molecule has 0 amide bonds. The van der Waals surface area contributed by atoms with Gasteiger partial charge in [-0.25, -0.2) is 0 Å². The van der Waals surface area contributed by atoms with Crippen LogP contribution in [0.25, 0.3) is 0 Å². The molecule has 5 heteroatoms. The van der Waals surface area contributed by atoms with Crippen LogP contribution in [0, 0.1) is 0 Å². The third-order valence-corrected chi connectivity index (χ3v) is 2.92. The Hall–Kier alpha value is -1.10. The van der Waals surface area contributed by atoms with Gasteiger partial charge < -0.3 is 14.6 Å². The van der Waals surface area contributed by atoms with Crippen molar-refractivity contribution in [3.8, 4) is 0 Å². The monoisotopic (exact) mass is 254 g/mol. The van der Waals surface area contributed by atoms with E-state index < -0.39 is 0 Å². The summed E-state index contributed by atoms with van der Waals surface area (Å²) in [5.41, 5.74) is 0. The predicted octanol–water partition coefficient (Wildman–Crippen LogP) is 2.76. The van der Waals surface area contributed by atoms with Gasteiger partial charge in [0, 0.05) is 13.6 Å². The molecule has 0 radical (unpaired) electrons. The minimum Gasteiger partial charge on any atom is -0.406 e. The molecule has 0 aliphatic rings. The van der Waals surface area contributed by atoms with Crippen LogP contribution in [0.3, 0.4) is 0 Å². The third kappa shape index (κ3) is 4.64. The summed E-state index contributed by atoms with van der Waals surface area (Å²) in [6, 6.07) is 0.737. The lowest BCUT2D eigenvalue weighted by Crippen LogP contribution is -2.20. The summed E-state index contributed by atoms with van der Waals surface area (Å²) in [5.74, 6) is 0.667. The predicted molar refractivity (Wildman–Crippen MR) is 73.8 cm³/mol. The van der Waals surface area contributed by atoms with E-state index in [-0.39, 0.29) is 6.04 Å². The molecule has 0 spiro atoms. The Morgan fingerprint density at radius 3 is 2.67 bits per heavy atom. The molecule has 18 heavy (non-hydrogen) atoms. The summed E-state index contributed by atoms with van der Waals surface area (Å²) >= 11 is 0. The van der Waals surface area contributed by atoms with E-state index in [2.05, 4.69) is 29.4 Å². The summed E-state index contributed by atoms with van der Waals surface area (Å²) < 4.78 is 5.68. The van der Waals surface area contributed by atoms with E-state index >= 15 is 0 Å². The SMILES string of the molecule is CCCCCN(C)c1nnc(C(C)NCCC)o1. The molecule has 1 rings (SSSR count). The van der Waals surface area contributed by atoms with Crippen molar-refractivity contribution >= 4 is 6.01 Å². The Morgan fingerprint density at radius 2 is 2.00 bits per heavy atom. The average molecular weight is 254 g/mol. The highest BCUT2D eigenvalue weighted by Crippen LogP contribution is 2.16. The van der Waals surface area contributed by atoms with Crippen LogP contribution in [-0.4, -0.2) is 30.3 Å². The minimum absolute atomic E-state index is 0.121. The lowest BCUT2D eigenvalue weighted by Gasteiger charge is -2.13. The fraction of sp³-hybridized carbons (Fsp3) is 0.846. The van der Waals surface area contributed by atoms with E-state index in [1.54, 1.807) is 0 Å². The van der Waals surface area contributed by atoms with E-state index in [0.717, 1.165) is 25.9 Å². The van der Waals surface area contributed by atoms with Crippen LogP contribution in [-0.2, 0) is 0 Å². The van der Waals surface area contributed by atoms with Crippen LogP contribution in [0.5, 0.6) is 0 Å². The second-order valence-electron chi connectivity index (χ2n) is 4.73. The Balaban J connectivity index is 2.46. The number of hydrogen-bond acceptors (Lipinski definition) is 5. The van der Waals surface area contributed by atoms with E-state index in [1.165, 1.54) is 12.8 Å². The number of unbranched alkanes of at least 4 members (excludes halogenated alkanes) is 2. The van der Waals surface area contributed by atoms with Crippen LogP contribution in [0.2, 0.25) is 0 Å². The zero-order chi connectivity index (χ0) is 13.4. The minimum atomic E-state index is 0.121. The molecule has 1 aromatic rings. The van der Waals surface area contributed by atoms with Crippen molar-refractivity contribution in [3.63, 3.8) is 0 Å². The molecule has 0 aliphatic carbocycles. The van der Waals surface area contributed by atoms with Gasteiger partial charge in [0.2, 0.25) is 5.89 Å². The van der Waals surface area contributed by atoms with Gasteiger partial charge in [0.1, 0.15) is 0 Å². The highest BCUT2D eigenvalue weighted by molar-refractivity contribution is 5.21. The molecule has 1 aromatic heterocycles. The van der Waals surface area contributed by atoms with E-state index in [0.29, 0.717) is 11.9 Å². The lowest BCUT2D eigenvalue weighted by molar-refractivity contribution is 0.415. The number of nitrogens with zero attached hydrogens (tertiary/aromatic N) is 3. The number of nitrogens with one attached hydrogen (secondary N) is 1. The van der Waals surface area contributed by atoms with Gasteiger partial charge in [0.05, 0.1) is 6.04 Å². The van der Waals surface area contributed by atoms with Crippen LogP contribution < -0.4 is 10.2 Å². The quantitative estimate of drug-likeness (QED) is 0.687. The molecule has 1 heterocycles. The molecular formula is C13H26N4O. The topological polar surface area (TPSA) is 54.2 Å². The molecule has 104 valence electrons. The number of rotatable bonds is 9. The number of anilines is 1. The fourth-order valence-corrected chi connectivity index (χ4v) is 1.70. The van der Waals surface area contributed by atoms with Crippen LogP contribution >= 0.6 is 0 Å². The van der Waals surface area contributed by atoms with Gasteiger partial charge in [0.25, 0.3) is 0 Å². The molecule has 1 N–H and O–H groups in total. The molecule has 1 atom stereocenters. The van der Waals surface area contributed by atoms with Crippen molar-refractivity contribution in [3.05, 3.63) is 5.89 Å². The molecule has 0 aliphatic heterocycles. The summed E-state index contributed by atoms with van der Waals surface area (Å²) in [6.45, 7) is 8.31. The summed E-state index contributed by atoms with van der Waals surface area (Å²) in [5, 5.41) is 11.5. The van der Waals surface area contributed by atoms with E-state index in [9.17, 15) is 0 Å². The van der Waals surface area contributed by atoms with E-state index in [1.807, 2.05) is 18.9 Å². The second kappa shape index (κ2) is 8.08. The highest BCUT2D eigenvalue weighted by Gasteiger charge is 2.15. The van der Waals surface area contributed by atoms with Gasteiger partial charge in [-0.1, -0.05) is 31.8 Å². The Bertz CT molecular complexity index is 327. The largest absolute Gasteiger partial charge is 0.406 e. The van der Waals surface area contributed by atoms with Gasteiger partial charge in [-0.2, -0.15) is 0 Å². The Kier molecular flexibility index (Phi) is 6.72. The molecule has 0 aromatic carbocycles. The normalized spacial score (nSPS) is 12.7. The molecule has 1 unspecified atom stereocenters. The van der Waals surface area contributed by atoms with Crippen molar-refractivity contribution < 1.29 is 4.42 Å². The number of hydrogen-bond donors (Lipinski definition) is 1. The third-order valence-electron chi connectivity index (χ3n) is 2.92. The van der Waals surface area contributed by atoms with Crippen molar-refractivity contribution in [1.82, 2.24) is 15.5 Å². The first kappa shape index (κ1) is 15.0. The first-order chi connectivity index (χ1) is 8.69. The smallest absolute Gasteiger partial charge is 0.317 e. The van der Waals surface area contributed by atoms with Gasteiger partial charge in [-0.15, -0.1) is 5.10 Å². The maximum absolute atomic E-state index is 5.68. The van der Waals surface area contributed by atoms with Crippen molar-refractivity contribution in [2.75, 3.05) is 25.0 Å². The van der Waals surface area contributed by atoms with Gasteiger partial charge >= 0.3 is 6.01 Å². The first-order valence-corrected chi connectivity index (χ1v) is 6.96. The molecule has 0 saturated carbocycles. The lowest BCUT2D eigenvalue weighted by atomic mass is 10.2. The van der Waals surface area contributed by atoms with Crippen LogP contribution in [0.1, 0.15) is 58.4 Å². The maximum Gasteiger partial charge on any atom is 0.317 e. The van der Waals surface area contributed by atoms with Crippen LogP contribution in [0.4, 0.5) is 6.01 Å². The van der Waals surface area contributed by atoms with E-state index in [4.69, 9.17) is 4.42 Å². The van der Waals surface area contributed by atoms with Crippen LogP contribution in [0.15, 0.2) is 4.42 Å². The number of aromatic nitrogens is 2. The van der Waals surface area contributed by atoms with Crippen molar-refractivity contribution in [2.45, 2.75) is 52.5 Å². The maximum atomic E-state index is 5.68. The average Bonchev–Trinajstić information content (AvgIpc) is 2.85. The summed E-state index contributed by atoms with van der Waals surface area (Å²) in [6.07, 6.45) is 4.72. The molecule has 0 bridgehead atoms. The summed E-state index contributed by atoms with van der Waals surface area (Å²) in [4.78, 5) is 2.03. The fourth-order valence-electron chi connectivity index (χ4n) is 1.70. The summed E-state index contributed by atoms with van der Waals surface area (Å²) in [7, 11) is 2.00. The highest BCUT2D eigenvalue weighted by atomic mass is 16.4. The molecule has 0 fully saturated rings. The Labute approximate surface area is 110 Å².